The monoisotopic (exact) mass is 390 g/mol. The average molecular weight is 391 g/mol. The molecule has 0 unspecified atom stereocenters. The molecule has 0 heterocycles. The Morgan fingerprint density at radius 1 is 0.621 bits per heavy atom. The molecule has 0 heteroatoms. The molecule has 0 nitrogen and oxygen atoms in total. The van der Waals surface area contributed by atoms with Gasteiger partial charge in [0.25, 0.3) is 0 Å². The lowest BCUT2D eigenvalue weighted by molar-refractivity contribution is 0.288. The number of benzene rings is 2. The van der Waals surface area contributed by atoms with Crippen molar-refractivity contribution in [3.63, 3.8) is 0 Å². The molecule has 1 aliphatic rings. The number of hydrogen-bond donors (Lipinski definition) is 0. The van der Waals surface area contributed by atoms with E-state index in [1.54, 1.807) is 16.7 Å². The Morgan fingerprint density at radius 2 is 1.10 bits per heavy atom. The van der Waals surface area contributed by atoms with Gasteiger partial charge in [-0.05, 0) is 154 Å². The van der Waals surface area contributed by atoms with Gasteiger partial charge in [0.05, 0.1) is 0 Å². The van der Waals surface area contributed by atoms with Crippen LogP contribution in [0.25, 0.3) is 0 Å². The predicted octanol–water partition coefficient (Wildman–Crippen LogP) is 8.11. The van der Waals surface area contributed by atoms with Gasteiger partial charge >= 0.3 is 0 Å². The third kappa shape index (κ3) is 4.32. The minimum atomic E-state index is 0.890. The van der Waals surface area contributed by atoms with Crippen molar-refractivity contribution in [1.82, 2.24) is 0 Å². The van der Waals surface area contributed by atoms with Crippen LogP contribution in [-0.4, -0.2) is 0 Å². The van der Waals surface area contributed by atoms with Gasteiger partial charge in [-0.25, -0.2) is 0 Å². The standard InChI is InChI=1S/C29H42/c1-17-10-12-26(13-11-17)15-28-18(2)14-27(22(6)25(28)9)16-29-23(7)20(4)19(3)21(5)24(29)8/h14,17,26H,10-13,15-16H2,1-9H3. The number of rotatable bonds is 4. The molecular weight excluding hydrogens is 348 g/mol. The summed E-state index contributed by atoms with van der Waals surface area (Å²) in [4.78, 5) is 0. The fraction of sp³-hybridized carbons (Fsp3) is 0.586. The van der Waals surface area contributed by atoms with E-state index in [9.17, 15) is 0 Å². The summed E-state index contributed by atoms with van der Waals surface area (Å²) in [5.74, 6) is 1.83. The molecule has 0 radical (unpaired) electrons. The lowest BCUT2D eigenvalue weighted by Crippen LogP contribution is -2.16. The van der Waals surface area contributed by atoms with Crippen LogP contribution in [0.3, 0.4) is 0 Å². The fourth-order valence-corrected chi connectivity index (χ4v) is 5.57. The van der Waals surface area contributed by atoms with E-state index in [1.807, 2.05) is 0 Å². The van der Waals surface area contributed by atoms with Gasteiger partial charge in [-0.1, -0.05) is 25.8 Å². The normalized spacial score (nSPS) is 19.6. The van der Waals surface area contributed by atoms with E-state index < -0.39 is 0 Å². The first-order valence-corrected chi connectivity index (χ1v) is 11.8. The van der Waals surface area contributed by atoms with E-state index in [-0.39, 0.29) is 0 Å². The molecule has 3 rings (SSSR count). The van der Waals surface area contributed by atoms with Crippen molar-refractivity contribution in [3.8, 4) is 0 Å². The maximum atomic E-state index is 2.51. The molecule has 1 fully saturated rings. The number of aryl methyl sites for hydroxylation is 1. The molecule has 0 atom stereocenters. The van der Waals surface area contributed by atoms with Crippen LogP contribution in [0.4, 0.5) is 0 Å². The summed E-state index contributed by atoms with van der Waals surface area (Å²) in [7, 11) is 0. The van der Waals surface area contributed by atoms with Crippen LogP contribution < -0.4 is 0 Å². The third-order valence-corrected chi connectivity index (χ3v) is 8.51. The zero-order valence-corrected chi connectivity index (χ0v) is 20.5. The van der Waals surface area contributed by atoms with Crippen LogP contribution in [0, 0.1) is 67.2 Å². The minimum absolute atomic E-state index is 0.890. The van der Waals surface area contributed by atoms with E-state index >= 15 is 0 Å². The van der Waals surface area contributed by atoms with Crippen LogP contribution in [0.5, 0.6) is 0 Å². The highest BCUT2D eigenvalue weighted by Gasteiger charge is 2.21. The Bertz CT molecular complexity index is 876. The van der Waals surface area contributed by atoms with Gasteiger partial charge in [0, 0.05) is 0 Å². The molecule has 2 aromatic carbocycles. The summed E-state index contributed by atoms with van der Waals surface area (Å²) in [6.45, 7) is 21.0. The minimum Gasteiger partial charge on any atom is -0.0625 e. The largest absolute Gasteiger partial charge is 0.0625 e. The molecular formula is C29H42. The molecule has 0 N–H and O–H groups in total. The Morgan fingerprint density at radius 3 is 1.66 bits per heavy atom. The summed E-state index contributed by atoms with van der Waals surface area (Å²) < 4.78 is 0. The first kappa shape index (κ1) is 22.1. The predicted molar refractivity (Wildman–Crippen MR) is 128 cm³/mol. The molecule has 0 saturated heterocycles. The Kier molecular flexibility index (Phi) is 6.61. The Labute approximate surface area is 180 Å². The second-order valence-electron chi connectivity index (χ2n) is 10.2. The second-order valence-corrected chi connectivity index (χ2v) is 10.2. The molecule has 2 aromatic rings. The Hall–Kier alpha value is -1.56. The molecule has 0 spiro atoms. The van der Waals surface area contributed by atoms with Gasteiger partial charge in [0.15, 0.2) is 0 Å². The molecule has 0 aliphatic heterocycles. The van der Waals surface area contributed by atoms with Crippen molar-refractivity contribution in [3.05, 3.63) is 67.3 Å². The zero-order chi connectivity index (χ0) is 21.5. The highest BCUT2D eigenvalue weighted by atomic mass is 14.3. The van der Waals surface area contributed by atoms with Crippen LogP contribution in [-0.2, 0) is 12.8 Å². The van der Waals surface area contributed by atoms with Crippen molar-refractivity contribution in [2.75, 3.05) is 0 Å². The SMILES string of the molecule is Cc1cc(Cc2c(C)c(C)c(C)c(C)c2C)c(C)c(C)c1CC1CCC(C)CC1. The maximum absolute atomic E-state index is 2.51. The highest BCUT2D eigenvalue weighted by Crippen LogP contribution is 2.35. The van der Waals surface area contributed by atoms with Gasteiger partial charge in [-0.15, -0.1) is 0 Å². The van der Waals surface area contributed by atoms with Crippen molar-refractivity contribution in [1.29, 1.82) is 0 Å². The van der Waals surface area contributed by atoms with Crippen LogP contribution >= 0.6 is 0 Å². The second kappa shape index (κ2) is 8.66. The number of hydrogen-bond acceptors (Lipinski definition) is 0. The van der Waals surface area contributed by atoms with Crippen molar-refractivity contribution < 1.29 is 0 Å². The first-order valence-electron chi connectivity index (χ1n) is 11.8. The van der Waals surface area contributed by atoms with Crippen molar-refractivity contribution >= 4 is 0 Å². The topological polar surface area (TPSA) is 0 Å². The Balaban J connectivity index is 1.93. The maximum Gasteiger partial charge on any atom is -0.00175 e. The third-order valence-electron chi connectivity index (χ3n) is 8.51. The van der Waals surface area contributed by atoms with Crippen LogP contribution in [0.1, 0.15) is 93.8 Å². The van der Waals surface area contributed by atoms with Gasteiger partial charge in [-0.2, -0.15) is 0 Å². The van der Waals surface area contributed by atoms with Crippen LogP contribution in [0.2, 0.25) is 0 Å². The smallest absolute Gasteiger partial charge is 0.00175 e. The first-order chi connectivity index (χ1) is 13.6. The highest BCUT2D eigenvalue weighted by molar-refractivity contribution is 5.53. The zero-order valence-electron chi connectivity index (χ0n) is 20.5. The van der Waals surface area contributed by atoms with Gasteiger partial charge in [0.1, 0.15) is 0 Å². The fourth-order valence-electron chi connectivity index (χ4n) is 5.57. The summed E-state index contributed by atoms with van der Waals surface area (Å²) in [5.41, 5.74) is 16.7. The average Bonchev–Trinajstić information content (AvgIpc) is 2.70. The van der Waals surface area contributed by atoms with Gasteiger partial charge in [0.2, 0.25) is 0 Å². The molecule has 29 heavy (non-hydrogen) atoms. The van der Waals surface area contributed by atoms with Gasteiger partial charge in [-0.3, -0.25) is 0 Å². The lowest BCUT2D eigenvalue weighted by Gasteiger charge is -2.28. The van der Waals surface area contributed by atoms with E-state index in [0.29, 0.717) is 0 Å². The molecule has 0 bridgehead atoms. The van der Waals surface area contributed by atoms with E-state index in [0.717, 1.165) is 18.3 Å². The van der Waals surface area contributed by atoms with E-state index in [1.165, 1.54) is 76.6 Å². The van der Waals surface area contributed by atoms with Gasteiger partial charge < -0.3 is 0 Å². The summed E-state index contributed by atoms with van der Waals surface area (Å²) in [6, 6.07) is 2.51. The summed E-state index contributed by atoms with van der Waals surface area (Å²) in [5, 5.41) is 0. The lowest BCUT2D eigenvalue weighted by atomic mass is 9.77. The molecule has 0 amide bonds. The van der Waals surface area contributed by atoms with E-state index in [4.69, 9.17) is 0 Å². The summed E-state index contributed by atoms with van der Waals surface area (Å²) >= 11 is 0. The van der Waals surface area contributed by atoms with E-state index in [2.05, 4.69) is 68.4 Å². The molecule has 0 aromatic heterocycles. The van der Waals surface area contributed by atoms with Crippen molar-refractivity contribution in [2.24, 2.45) is 11.8 Å². The van der Waals surface area contributed by atoms with Crippen LogP contribution in [0.15, 0.2) is 6.07 Å². The quantitative estimate of drug-likeness (QED) is 0.494. The molecule has 158 valence electrons. The molecule has 1 aliphatic carbocycles. The molecule has 1 saturated carbocycles. The summed E-state index contributed by atoms with van der Waals surface area (Å²) in [6.07, 6.45) is 8.03. The van der Waals surface area contributed by atoms with Crippen molar-refractivity contribution in [2.45, 2.75) is 101 Å².